The Hall–Kier alpha value is -1.22. The average molecular weight is 609 g/mol. The van der Waals surface area contributed by atoms with Crippen LogP contribution in [0.4, 0.5) is 0 Å². The molecule has 0 amide bonds. The Kier molecular flexibility index (Phi) is 6.10. The van der Waals surface area contributed by atoms with E-state index >= 15 is 0 Å². The number of hydrogen-bond acceptors (Lipinski definition) is 0. The molecule has 4 aromatic rings. The van der Waals surface area contributed by atoms with E-state index in [9.17, 15) is 0 Å². The van der Waals surface area contributed by atoms with Gasteiger partial charge in [-0.1, -0.05) is 0 Å². The normalized spacial score (nSPS) is 20.7. The molecule has 0 bridgehead atoms. The predicted octanol–water partition coefficient (Wildman–Crippen LogP) is 2.57. The van der Waals surface area contributed by atoms with Crippen LogP contribution >= 0.6 is 0 Å². The first-order chi connectivity index (χ1) is 15.9. The van der Waals surface area contributed by atoms with Crippen molar-refractivity contribution in [3.05, 3.63) is 105 Å². The fourth-order valence-corrected chi connectivity index (χ4v) is 172. The molecule has 0 spiro atoms. The summed E-state index contributed by atoms with van der Waals surface area (Å²) in [5.41, 5.74) is 6.49. The molecule has 0 N–H and O–H groups in total. The molecular formula is C30H30Cl2Si2Zr. The van der Waals surface area contributed by atoms with Gasteiger partial charge in [0, 0.05) is 0 Å². The van der Waals surface area contributed by atoms with Crippen molar-refractivity contribution in [1.82, 2.24) is 0 Å². The number of hydrogen-bond donors (Lipinski definition) is 0. The van der Waals surface area contributed by atoms with Crippen LogP contribution in [-0.4, -0.2) is 9.44 Å². The van der Waals surface area contributed by atoms with E-state index in [2.05, 4.69) is 117 Å². The Morgan fingerprint density at radius 1 is 0.686 bits per heavy atom. The first kappa shape index (κ1) is 25.4. The molecule has 4 aromatic carbocycles. The SMILES string of the molecule is C[Si]1(C)[Si](C)(C)[Zr+2]1([C]1=CC=CC1)[CH]1c2ccccc2-c2c1c1ccccc1c1ccccc21.[Cl-].[Cl-]. The van der Waals surface area contributed by atoms with Gasteiger partial charge in [-0.2, -0.15) is 0 Å². The summed E-state index contributed by atoms with van der Waals surface area (Å²) in [5.74, 6) is 0. The zero-order valence-electron chi connectivity index (χ0n) is 20.7. The molecule has 0 saturated carbocycles. The summed E-state index contributed by atoms with van der Waals surface area (Å²) in [6.45, 7) is 11.2. The van der Waals surface area contributed by atoms with Crippen molar-refractivity contribution in [3.8, 4) is 11.1 Å². The van der Waals surface area contributed by atoms with Crippen LogP contribution in [0, 0.1) is 0 Å². The molecule has 0 radical (unpaired) electrons. The van der Waals surface area contributed by atoms with E-state index in [-0.39, 0.29) is 24.8 Å². The van der Waals surface area contributed by atoms with E-state index in [1.54, 1.807) is 16.7 Å². The minimum absolute atomic E-state index is 0. The third-order valence-electron chi connectivity index (χ3n) is 9.99. The Bertz CT molecular complexity index is 1550. The maximum absolute atomic E-state index is 2.80. The molecule has 1 heterocycles. The summed E-state index contributed by atoms with van der Waals surface area (Å²) >= 11 is -2.72. The monoisotopic (exact) mass is 606 g/mol. The zero-order chi connectivity index (χ0) is 22.6. The largest absolute Gasteiger partial charge is 1.00 e. The minimum Gasteiger partial charge on any atom is -1.00 e. The van der Waals surface area contributed by atoms with E-state index in [1.165, 1.54) is 33.5 Å². The van der Waals surface area contributed by atoms with Gasteiger partial charge in [-0.3, -0.25) is 0 Å². The fraction of sp³-hybridized carbons (Fsp3) is 0.200. The van der Waals surface area contributed by atoms with Gasteiger partial charge in [0.15, 0.2) is 0 Å². The van der Waals surface area contributed by atoms with Crippen molar-refractivity contribution in [2.45, 2.75) is 36.2 Å². The van der Waals surface area contributed by atoms with Crippen LogP contribution in [0.5, 0.6) is 0 Å². The molecule has 7 rings (SSSR count). The molecular weight excluding hydrogens is 579 g/mol. The number of rotatable bonds is 2. The molecule has 0 aromatic heterocycles. The van der Waals surface area contributed by atoms with Crippen molar-refractivity contribution in [3.63, 3.8) is 0 Å². The van der Waals surface area contributed by atoms with Crippen molar-refractivity contribution < 1.29 is 43.4 Å². The van der Waals surface area contributed by atoms with Gasteiger partial charge >= 0.3 is 202 Å². The molecule has 3 aliphatic rings. The molecule has 2 aliphatic carbocycles. The molecule has 1 aliphatic heterocycles. The van der Waals surface area contributed by atoms with E-state index in [4.69, 9.17) is 0 Å². The topological polar surface area (TPSA) is 0 Å². The molecule has 5 heteroatoms. The molecule has 1 saturated heterocycles. The Labute approximate surface area is 225 Å². The Balaban J connectivity index is 0.00000127. The van der Waals surface area contributed by atoms with E-state index in [1.807, 2.05) is 3.28 Å². The van der Waals surface area contributed by atoms with Gasteiger partial charge in [0.05, 0.1) is 0 Å². The third-order valence-corrected chi connectivity index (χ3v) is 123. The van der Waals surface area contributed by atoms with Gasteiger partial charge in [-0.15, -0.1) is 0 Å². The van der Waals surface area contributed by atoms with E-state index in [0.717, 1.165) is 0 Å². The smallest absolute Gasteiger partial charge is 1.00 e. The predicted molar refractivity (Wildman–Crippen MR) is 146 cm³/mol. The summed E-state index contributed by atoms with van der Waals surface area (Å²) in [6, 6.07) is 28.0. The number of allylic oxidation sites excluding steroid dienone is 4. The van der Waals surface area contributed by atoms with Crippen LogP contribution in [0.2, 0.25) is 26.2 Å². The zero-order valence-corrected chi connectivity index (χ0v) is 26.7. The van der Waals surface area contributed by atoms with Crippen LogP contribution in [0.3, 0.4) is 0 Å². The van der Waals surface area contributed by atoms with Crippen LogP contribution in [0.25, 0.3) is 32.7 Å². The average Bonchev–Trinajstić information content (AvgIpc) is 3.32. The van der Waals surface area contributed by atoms with Crippen LogP contribution in [0.15, 0.2) is 94.3 Å². The summed E-state index contributed by atoms with van der Waals surface area (Å²) in [5, 5.41) is 5.85. The number of benzene rings is 4. The molecule has 1 fully saturated rings. The first-order valence-electron chi connectivity index (χ1n) is 12.3. The fourth-order valence-electron chi connectivity index (χ4n) is 8.15. The van der Waals surface area contributed by atoms with Gasteiger partial charge in [0.1, 0.15) is 0 Å². The summed E-state index contributed by atoms with van der Waals surface area (Å²) in [6.07, 6.45) is 8.65. The van der Waals surface area contributed by atoms with Gasteiger partial charge in [0.25, 0.3) is 0 Å². The maximum Gasteiger partial charge on any atom is -1.00 e. The van der Waals surface area contributed by atoms with Gasteiger partial charge in [0.2, 0.25) is 0 Å². The maximum atomic E-state index is 2.80. The summed E-state index contributed by atoms with van der Waals surface area (Å²) in [7, 11) is 0. The Morgan fingerprint density at radius 3 is 1.83 bits per heavy atom. The number of fused-ring (bicyclic) bond motifs is 8. The standard InChI is InChI=1S/C21H13.C5H5.C4H12Si2.2ClH.Zr/c1-2-8-15-14(7-1)13-20-18-11-4-3-9-16(18)17-10-5-6-12-19(17)21(15)20;1-2-4-5-3-1;1-5(2)6(3)4;;;/h1-13H;1-3H,4H2;1-4H3;2*1H;/q;;;;;+2/p-2. The number of halogens is 2. The van der Waals surface area contributed by atoms with Gasteiger partial charge in [-0.25, -0.2) is 0 Å². The molecule has 35 heavy (non-hydrogen) atoms. The van der Waals surface area contributed by atoms with E-state index < -0.39 is 28.0 Å². The van der Waals surface area contributed by atoms with Crippen molar-refractivity contribution in [2.75, 3.05) is 0 Å². The van der Waals surface area contributed by atoms with Crippen LogP contribution < -0.4 is 24.8 Å². The third kappa shape index (κ3) is 2.88. The summed E-state index contributed by atoms with van der Waals surface area (Å²) in [4.78, 5) is 0. The second kappa shape index (κ2) is 8.40. The van der Waals surface area contributed by atoms with Crippen LogP contribution in [0.1, 0.15) is 21.2 Å². The second-order valence-corrected chi connectivity index (χ2v) is 70.4. The molecule has 176 valence electrons. The molecule has 1 unspecified atom stereocenters. The minimum atomic E-state index is -2.72. The van der Waals surface area contributed by atoms with Crippen molar-refractivity contribution >= 4 is 31.0 Å². The van der Waals surface area contributed by atoms with Crippen molar-refractivity contribution in [1.29, 1.82) is 0 Å². The molecule has 1 atom stereocenters. The quantitative estimate of drug-likeness (QED) is 0.243. The van der Waals surface area contributed by atoms with Gasteiger partial charge < -0.3 is 24.8 Å². The van der Waals surface area contributed by atoms with E-state index in [0.29, 0.717) is 3.63 Å². The first-order valence-corrected chi connectivity index (χ1v) is 29.3. The second-order valence-electron chi connectivity index (χ2n) is 11.3. The van der Waals surface area contributed by atoms with Gasteiger partial charge in [-0.05, 0) is 0 Å². The van der Waals surface area contributed by atoms with Crippen LogP contribution in [-0.2, 0) is 18.6 Å². The summed E-state index contributed by atoms with van der Waals surface area (Å²) < 4.78 is 0.137. The molecule has 0 nitrogen and oxygen atoms in total. The Morgan fingerprint density at radius 2 is 1.23 bits per heavy atom. The van der Waals surface area contributed by atoms with Crippen molar-refractivity contribution in [2.24, 2.45) is 0 Å².